The number of para-hydroxylation sites is 1. The average Bonchev–Trinajstić information content (AvgIpc) is 3.83. The summed E-state index contributed by atoms with van der Waals surface area (Å²) in [5.74, 6) is 0. The number of rotatable bonds is 3. The van der Waals surface area contributed by atoms with Crippen LogP contribution in [0.15, 0.2) is 168 Å². The van der Waals surface area contributed by atoms with Gasteiger partial charge in [0.15, 0.2) is 0 Å². The van der Waals surface area contributed by atoms with Gasteiger partial charge in [0.2, 0.25) is 0 Å². The van der Waals surface area contributed by atoms with Crippen LogP contribution in [0.1, 0.15) is 25.0 Å². The molecule has 0 saturated carbocycles. The van der Waals surface area contributed by atoms with Gasteiger partial charge in [-0.1, -0.05) is 123 Å². The Morgan fingerprint density at radius 3 is 1.85 bits per heavy atom. The summed E-state index contributed by atoms with van der Waals surface area (Å²) in [5, 5.41) is 10.0. The monoisotopic (exact) mass is 675 g/mol. The first-order valence-electron chi connectivity index (χ1n) is 18.5. The number of furan rings is 1. The molecular formula is C51H33NO. The summed E-state index contributed by atoms with van der Waals surface area (Å²) >= 11 is 0. The molecule has 2 heterocycles. The Balaban J connectivity index is 1.01. The van der Waals surface area contributed by atoms with E-state index in [-0.39, 0.29) is 5.41 Å². The van der Waals surface area contributed by atoms with Gasteiger partial charge in [-0.15, -0.1) is 0 Å². The van der Waals surface area contributed by atoms with Crippen LogP contribution in [0.3, 0.4) is 0 Å². The molecule has 0 fully saturated rings. The lowest BCUT2D eigenvalue weighted by Gasteiger charge is -2.21. The Hall–Kier alpha value is -6.64. The molecule has 2 aromatic heterocycles. The number of benzene rings is 9. The van der Waals surface area contributed by atoms with E-state index in [0.717, 1.165) is 11.2 Å². The first kappa shape index (κ1) is 29.0. The van der Waals surface area contributed by atoms with E-state index in [1.807, 2.05) is 0 Å². The molecule has 0 aliphatic heterocycles. The lowest BCUT2D eigenvalue weighted by atomic mass is 9.82. The molecule has 0 amide bonds. The van der Waals surface area contributed by atoms with Crippen molar-refractivity contribution in [2.45, 2.75) is 19.3 Å². The third-order valence-corrected chi connectivity index (χ3v) is 12.1. The van der Waals surface area contributed by atoms with Crippen LogP contribution in [-0.4, -0.2) is 4.57 Å². The standard InChI is InChI=1S/C51H33NO/c1-51(2)43-19-5-3-15-36(43)41-28-42-37-16-4-6-20-45(37)52(46(42)29-44(41)51)34-14-8-13-32(26-34)30-11-7-12-31(25-30)33-23-24-35-38-17-9-21-47-49(38)50-39(40(35)27-33)18-10-22-48(50)53-47/h3-29H,1-2H3. The van der Waals surface area contributed by atoms with Gasteiger partial charge in [0, 0.05) is 32.6 Å². The van der Waals surface area contributed by atoms with E-state index < -0.39 is 0 Å². The van der Waals surface area contributed by atoms with Gasteiger partial charge in [-0.05, 0) is 121 Å². The quantitative estimate of drug-likeness (QED) is 0.171. The predicted molar refractivity (Wildman–Crippen MR) is 223 cm³/mol. The second kappa shape index (κ2) is 10.2. The zero-order valence-corrected chi connectivity index (χ0v) is 29.4. The number of hydrogen-bond donors (Lipinski definition) is 0. The van der Waals surface area contributed by atoms with Crippen molar-refractivity contribution in [3.05, 3.63) is 175 Å². The van der Waals surface area contributed by atoms with Gasteiger partial charge in [0.05, 0.1) is 11.0 Å². The molecule has 53 heavy (non-hydrogen) atoms. The van der Waals surface area contributed by atoms with E-state index in [2.05, 4.69) is 182 Å². The first-order valence-corrected chi connectivity index (χ1v) is 18.5. The Kier molecular flexibility index (Phi) is 5.60. The van der Waals surface area contributed by atoms with Crippen molar-refractivity contribution in [2.24, 2.45) is 0 Å². The fraction of sp³-hybridized carbons (Fsp3) is 0.0588. The van der Waals surface area contributed by atoms with E-state index in [1.54, 1.807) is 0 Å². The molecule has 0 radical (unpaired) electrons. The van der Waals surface area contributed by atoms with Crippen molar-refractivity contribution in [1.29, 1.82) is 0 Å². The van der Waals surface area contributed by atoms with Crippen LogP contribution in [0.25, 0.3) is 104 Å². The summed E-state index contributed by atoms with van der Waals surface area (Å²) < 4.78 is 8.75. The fourth-order valence-electron chi connectivity index (χ4n) is 9.64. The van der Waals surface area contributed by atoms with Crippen LogP contribution in [0.2, 0.25) is 0 Å². The number of hydrogen-bond acceptors (Lipinski definition) is 1. The van der Waals surface area contributed by atoms with E-state index in [1.165, 1.54) is 104 Å². The molecule has 0 bridgehead atoms. The molecule has 1 aliphatic carbocycles. The topological polar surface area (TPSA) is 18.1 Å². The van der Waals surface area contributed by atoms with Gasteiger partial charge in [-0.2, -0.15) is 0 Å². The lowest BCUT2D eigenvalue weighted by molar-refractivity contribution is 0.661. The highest BCUT2D eigenvalue weighted by atomic mass is 16.3. The minimum Gasteiger partial charge on any atom is -0.456 e. The van der Waals surface area contributed by atoms with Crippen molar-refractivity contribution in [2.75, 3.05) is 0 Å². The Morgan fingerprint density at radius 2 is 1.04 bits per heavy atom. The van der Waals surface area contributed by atoms with Gasteiger partial charge in [-0.3, -0.25) is 0 Å². The van der Waals surface area contributed by atoms with Gasteiger partial charge < -0.3 is 8.98 Å². The molecule has 0 atom stereocenters. The second-order valence-corrected chi connectivity index (χ2v) is 15.3. The minimum atomic E-state index is -0.0684. The van der Waals surface area contributed by atoms with Crippen molar-refractivity contribution in [3.8, 4) is 39.1 Å². The largest absolute Gasteiger partial charge is 0.456 e. The Labute approximate surface area is 306 Å². The van der Waals surface area contributed by atoms with Gasteiger partial charge >= 0.3 is 0 Å². The molecule has 2 heteroatoms. The Bertz CT molecular complexity index is 3320. The molecule has 0 unspecified atom stereocenters. The second-order valence-electron chi connectivity index (χ2n) is 15.3. The molecule has 9 aromatic carbocycles. The maximum absolute atomic E-state index is 6.29. The molecule has 248 valence electrons. The molecule has 2 nitrogen and oxygen atoms in total. The van der Waals surface area contributed by atoms with E-state index >= 15 is 0 Å². The molecule has 11 aromatic rings. The SMILES string of the molecule is CC1(C)c2ccccc2-c2cc3c4ccccc4n(-c4cccc(-c5cccc(-c6ccc7c(c6)c6cccc8oc9cccc7c9c86)c5)c4)c3cc21. The highest BCUT2D eigenvalue weighted by molar-refractivity contribution is 6.33. The molecule has 0 saturated heterocycles. The lowest BCUT2D eigenvalue weighted by Crippen LogP contribution is -2.14. The van der Waals surface area contributed by atoms with Crippen LogP contribution < -0.4 is 0 Å². The average molecular weight is 676 g/mol. The summed E-state index contributed by atoms with van der Waals surface area (Å²) in [6.45, 7) is 4.73. The summed E-state index contributed by atoms with van der Waals surface area (Å²) in [4.78, 5) is 0. The normalized spacial score (nSPS) is 13.6. The summed E-state index contributed by atoms with van der Waals surface area (Å²) in [6.07, 6.45) is 0. The highest BCUT2D eigenvalue weighted by Gasteiger charge is 2.36. The third kappa shape index (κ3) is 3.87. The van der Waals surface area contributed by atoms with Gasteiger partial charge in [-0.25, -0.2) is 0 Å². The van der Waals surface area contributed by atoms with E-state index in [4.69, 9.17) is 4.42 Å². The zero-order valence-electron chi connectivity index (χ0n) is 29.4. The first-order chi connectivity index (χ1) is 26.0. The van der Waals surface area contributed by atoms with Crippen LogP contribution in [0.4, 0.5) is 0 Å². The van der Waals surface area contributed by atoms with E-state index in [0.29, 0.717) is 0 Å². The molecule has 12 rings (SSSR count). The number of aromatic nitrogens is 1. The molecule has 0 N–H and O–H groups in total. The van der Waals surface area contributed by atoms with Gasteiger partial charge in [0.1, 0.15) is 11.2 Å². The maximum Gasteiger partial charge on any atom is 0.136 e. The molecule has 1 aliphatic rings. The van der Waals surface area contributed by atoms with E-state index in [9.17, 15) is 0 Å². The van der Waals surface area contributed by atoms with Crippen molar-refractivity contribution < 1.29 is 4.42 Å². The minimum absolute atomic E-state index is 0.0684. The third-order valence-electron chi connectivity index (χ3n) is 12.1. The van der Waals surface area contributed by atoms with Crippen LogP contribution in [0.5, 0.6) is 0 Å². The number of nitrogens with zero attached hydrogens (tertiary/aromatic N) is 1. The van der Waals surface area contributed by atoms with Crippen molar-refractivity contribution in [1.82, 2.24) is 4.57 Å². The highest BCUT2D eigenvalue weighted by Crippen LogP contribution is 2.51. The van der Waals surface area contributed by atoms with Crippen molar-refractivity contribution in [3.63, 3.8) is 0 Å². The van der Waals surface area contributed by atoms with Crippen LogP contribution >= 0.6 is 0 Å². The summed E-state index contributed by atoms with van der Waals surface area (Å²) in [5.41, 5.74) is 15.8. The summed E-state index contributed by atoms with van der Waals surface area (Å²) in [6, 6.07) is 60.5. The number of fused-ring (bicyclic) bond motifs is 9. The van der Waals surface area contributed by atoms with Crippen LogP contribution in [-0.2, 0) is 5.41 Å². The van der Waals surface area contributed by atoms with Gasteiger partial charge in [0.25, 0.3) is 0 Å². The summed E-state index contributed by atoms with van der Waals surface area (Å²) in [7, 11) is 0. The predicted octanol–water partition coefficient (Wildman–Crippen LogP) is 14.1. The van der Waals surface area contributed by atoms with Crippen molar-refractivity contribution >= 4 is 65.3 Å². The fourth-order valence-corrected chi connectivity index (χ4v) is 9.64. The smallest absolute Gasteiger partial charge is 0.136 e. The Morgan fingerprint density at radius 1 is 0.396 bits per heavy atom. The molecule has 0 spiro atoms. The molecular weight excluding hydrogens is 643 g/mol. The van der Waals surface area contributed by atoms with Crippen LogP contribution in [0, 0.1) is 0 Å². The maximum atomic E-state index is 6.29. The zero-order chi connectivity index (χ0) is 35.0.